The molecule has 0 heterocycles. The smallest absolute Gasteiger partial charge is 0.138 e. The van der Waals surface area contributed by atoms with Gasteiger partial charge in [-0.2, -0.15) is 0 Å². The van der Waals surface area contributed by atoms with E-state index < -0.39 is 0 Å². The summed E-state index contributed by atoms with van der Waals surface area (Å²) in [6.45, 7) is 2.02. The molecule has 0 fully saturated rings. The van der Waals surface area contributed by atoms with Gasteiger partial charge >= 0.3 is 0 Å². The van der Waals surface area contributed by atoms with Crippen LogP contribution >= 0.6 is 23.2 Å². The summed E-state index contributed by atoms with van der Waals surface area (Å²) >= 11 is 11.6. The Hall–Kier alpha value is -0.400. The van der Waals surface area contributed by atoms with E-state index in [0.29, 0.717) is 10.0 Å². The Bertz CT molecular complexity index is 284. The van der Waals surface area contributed by atoms with E-state index in [4.69, 9.17) is 23.2 Å². The highest BCUT2D eigenvalue weighted by Crippen LogP contribution is 2.33. The minimum absolute atomic E-state index is 0.117. The molecule has 0 aromatic heterocycles. The molecule has 1 rings (SSSR count). The predicted molar refractivity (Wildman–Crippen MR) is 52.1 cm³/mol. The van der Waals surface area contributed by atoms with Crippen molar-refractivity contribution in [3.63, 3.8) is 0 Å². The van der Waals surface area contributed by atoms with Crippen LogP contribution < -0.4 is 0 Å². The molecule has 3 heteroatoms. The van der Waals surface area contributed by atoms with Crippen molar-refractivity contribution in [1.82, 2.24) is 0 Å². The quantitative estimate of drug-likeness (QED) is 0.781. The number of aromatic hydroxyl groups is 1. The van der Waals surface area contributed by atoms with Gasteiger partial charge < -0.3 is 5.11 Å². The van der Waals surface area contributed by atoms with E-state index in [0.717, 1.165) is 18.4 Å². The number of phenols is 1. The van der Waals surface area contributed by atoms with E-state index in [-0.39, 0.29) is 5.75 Å². The maximum Gasteiger partial charge on any atom is 0.138 e. The summed E-state index contributed by atoms with van der Waals surface area (Å²) in [5.74, 6) is 0.117. The molecule has 0 unspecified atom stereocenters. The van der Waals surface area contributed by atoms with E-state index in [1.54, 1.807) is 12.1 Å². The number of rotatable bonds is 2. The zero-order valence-corrected chi connectivity index (χ0v) is 8.28. The maximum atomic E-state index is 9.49. The van der Waals surface area contributed by atoms with Crippen LogP contribution in [0.1, 0.15) is 18.9 Å². The van der Waals surface area contributed by atoms with Crippen LogP contribution in [0.2, 0.25) is 10.0 Å². The number of benzene rings is 1. The van der Waals surface area contributed by atoms with Crippen LogP contribution in [-0.2, 0) is 6.42 Å². The number of halogens is 2. The number of hydrogen-bond donors (Lipinski definition) is 1. The van der Waals surface area contributed by atoms with Gasteiger partial charge in [-0.15, -0.1) is 0 Å². The first-order valence-electron chi connectivity index (χ1n) is 3.82. The summed E-state index contributed by atoms with van der Waals surface area (Å²) in [7, 11) is 0. The number of phenolic OH excluding ortho intramolecular Hbond substituents is 1. The molecule has 66 valence electrons. The summed E-state index contributed by atoms with van der Waals surface area (Å²) < 4.78 is 0. The van der Waals surface area contributed by atoms with Crippen molar-refractivity contribution in [2.75, 3.05) is 0 Å². The monoisotopic (exact) mass is 204 g/mol. The van der Waals surface area contributed by atoms with Gasteiger partial charge in [-0.05, 0) is 18.6 Å². The Kier molecular flexibility index (Phi) is 3.24. The lowest BCUT2D eigenvalue weighted by atomic mass is 10.1. The van der Waals surface area contributed by atoms with Gasteiger partial charge in [0.1, 0.15) is 5.75 Å². The van der Waals surface area contributed by atoms with Gasteiger partial charge in [0.25, 0.3) is 0 Å². The molecule has 1 aromatic rings. The Morgan fingerprint density at radius 2 is 1.83 bits per heavy atom. The third kappa shape index (κ3) is 1.85. The third-order valence-electron chi connectivity index (χ3n) is 1.68. The molecule has 0 radical (unpaired) electrons. The normalized spacial score (nSPS) is 10.2. The van der Waals surface area contributed by atoms with Crippen molar-refractivity contribution in [2.45, 2.75) is 19.8 Å². The van der Waals surface area contributed by atoms with Gasteiger partial charge in [0.15, 0.2) is 0 Å². The average Bonchev–Trinajstić information content (AvgIpc) is 2.06. The largest absolute Gasteiger partial charge is 0.506 e. The second-order valence-electron chi connectivity index (χ2n) is 2.61. The Labute approximate surface area is 81.9 Å². The highest BCUT2D eigenvalue weighted by Gasteiger charge is 2.08. The third-order valence-corrected chi connectivity index (χ3v) is 2.34. The van der Waals surface area contributed by atoms with Crippen molar-refractivity contribution >= 4 is 23.2 Å². The topological polar surface area (TPSA) is 20.2 Å². The minimum atomic E-state index is 0.117. The molecular weight excluding hydrogens is 195 g/mol. The standard InChI is InChI=1S/C9H10Cl2O/c1-2-3-6-7(10)4-5-8(11)9(6)12/h4-5,12H,2-3H2,1H3. The molecule has 0 aliphatic rings. The molecule has 0 aliphatic heterocycles. The van der Waals surface area contributed by atoms with E-state index in [2.05, 4.69) is 0 Å². The van der Waals surface area contributed by atoms with Gasteiger partial charge in [-0.25, -0.2) is 0 Å². The molecule has 1 nitrogen and oxygen atoms in total. The first-order valence-corrected chi connectivity index (χ1v) is 4.58. The predicted octanol–water partition coefficient (Wildman–Crippen LogP) is 3.65. The fourth-order valence-electron chi connectivity index (χ4n) is 1.07. The zero-order chi connectivity index (χ0) is 9.14. The van der Waals surface area contributed by atoms with Crippen LogP contribution in [0.5, 0.6) is 5.75 Å². The Balaban J connectivity index is 3.14. The van der Waals surface area contributed by atoms with Crippen LogP contribution in [0.15, 0.2) is 12.1 Å². The lowest BCUT2D eigenvalue weighted by Crippen LogP contribution is -1.86. The first kappa shape index (κ1) is 9.69. The van der Waals surface area contributed by atoms with Crippen molar-refractivity contribution < 1.29 is 5.11 Å². The van der Waals surface area contributed by atoms with Gasteiger partial charge in [-0.1, -0.05) is 36.5 Å². The summed E-state index contributed by atoms with van der Waals surface area (Å²) in [5, 5.41) is 10.4. The van der Waals surface area contributed by atoms with Crippen LogP contribution in [0.25, 0.3) is 0 Å². The van der Waals surface area contributed by atoms with Crippen molar-refractivity contribution in [1.29, 1.82) is 0 Å². The zero-order valence-electron chi connectivity index (χ0n) is 6.77. The fraction of sp³-hybridized carbons (Fsp3) is 0.333. The first-order chi connectivity index (χ1) is 5.66. The molecule has 1 N–H and O–H groups in total. The van der Waals surface area contributed by atoms with E-state index in [9.17, 15) is 5.11 Å². The molecule has 0 amide bonds. The van der Waals surface area contributed by atoms with Gasteiger partial charge in [-0.3, -0.25) is 0 Å². The SMILES string of the molecule is CCCc1c(Cl)ccc(Cl)c1O. The van der Waals surface area contributed by atoms with Crippen LogP contribution in [0, 0.1) is 0 Å². The molecule has 0 atom stereocenters. The van der Waals surface area contributed by atoms with Crippen molar-refractivity contribution in [2.24, 2.45) is 0 Å². The maximum absolute atomic E-state index is 9.49. The summed E-state index contributed by atoms with van der Waals surface area (Å²) in [6.07, 6.45) is 1.69. The van der Waals surface area contributed by atoms with Gasteiger partial charge in [0, 0.05) is 10.6 Å². The summed E-state index contributed by atoms with van der Waals surface area (Å²) in [6, 6.07) is 3.30. The van der Waals surface area contributed by atoms with E-state index >= 15 is 0 Å². The van der Waals surface area contributed by atoms with Crippen molar-refractivity contribution in [3.8, 4) is 5.75 Å². The highest BCUT2D eigenvalue weighted by molar-refractivity contribution is 6.34. The summed E-state index contributed by atoms with van der Waals surface area (Å²) in [5.41, 5.74) is 0.742. The molecule has 0 saturated carbocycles. The summed E-state index contributed by atoms with van der Waals surface area (Å²) in [4.78, 5) is 0. The Morgan fingerprint density at radius 3 is 2.42 bits per heavy atom. The minimum Gasteiger partial charge on any atom is -0.506 e. The van der Waals surface area contributed by atoms with Crippen LogP contribution in [0.4, 0.5) is 0 Å². The van der Waals surface area contributed by atoms with E-state index in [1.807, 2.05) is 6.92 Å². The average molecular weight is 205 g/mol. The molecule has 0 aliphatic carbocycles. The molecular formula is C9H10Cl2O. The van der Waals surface area contributed by atoms with Crippen LogP contribution in [-0.4, -0.2) is 5.11 Å². The molecule has 0 bridgehead atoms. The van der Waals surface area contributed by atoms with Crippen molar-refractivity contribution in [3.05, 3.63) is 27.7 Å². The molecule has 0 saturated heterocycles. The van der Waals surface area contributed by atoms with Gasteiger partial charge in [0.2, 0.25) is 0 Å². The fourth-order valence-corrected chi connectivity index (χ4v) is 1.49. The highest BCUT2D eigenvalue weighted by atomic mass is 35.5. The lowest BCUT2D eigenvalue weighted by Gasteiger charge is -2.06. The molecule has 0 spiro atoms. The Morgan fingerprint density at radius 1 is 1.25 bits per heavy atom. The molecule has 1 aromatic carbocycles. The van der Waals surface area contributed by atoms with E-state index in [1.165, 1.54) is 0 Å². The second kappa shape index (κ2) is 4.01. The molecule has 12 heavy (non-hydrogen) atoms. The second-order valence-corrected chi connectivity index (χ2v) is 3.42. The van der Waals surface area contributed by atoms with Gasteiger partial charge in [0.05, 0.1) is 5.02 Å². The number of hydrogen-bond acceptors (Lipinski definition) is 1. The lowest BCUT2D eigenvalue weighted by molar-refractivity contribution is 0.468. The van der Waals surface area contributed by atoms with Crippen LogP contribution in [0.3, 0.4) is 0 Å².